The molecular formula is C17H14O6. The summed E-state index contributed by atoms with van der Waals surface area (Å²) in [5, 5.41) is 28.9. The zero-order valence-electron chi connectivity index (χ0n) is 12.2. The fourth-order valence-electron chi connectivity index (χ4n) is 2.33. The van der Waals surface area contributed by atoms with Crippen LogP contribution in [0.2, 0.25) is 0 Å². The topological polar surface area (TPSA) is 100 Å². The van der Waals surface area contributed by atoms with Crippen LogP contribution in [0.1, 0.15) is 6.92 Å². The Morgan fingerprint density at radius 1 is 1.04 bits per heavy atom. The lowest BCUT2D eigenvalue weighted by molar-refractivity contribution is 0.341. The predicted octanol–water partition coefficient (Wildman–Crippen LogP) is 2.98. The molecule has 0 atom stereocenters. The van der Waals surface area contributed by atoms with Crippen molar-refractivity contribution < 1.29 is 24.5 Å². The standard InChI is InChI=1S/C17H14O6/c1-2-22-15-6-10(18)7-16-17(15)13(21)8-14(23-16)9-3-4-11(19)12(20)5-9/h3-8,18-20H,2H2,1H3. The second-order valence-corrected chi connectivity index (χ2v) is 4.93. The first kappa shape index (κ1) is 14.8. The van der Waals surface area contributed by atoms with Gasteiger partial charge in [0.1, 0.15) is 28.2 Å². The van der Waals surface area contributed by atoms with E-state index < -0.39 is 0 Å². The molecule has 23 heavy (non-hydrogen) atoms. The third kappa shape index (κ3) is 2.66. The van der Waals surface area contributed by atoms with Gasteiger partial charge in [0, 0.05) is 23.8 Å². The van der Waals surface area contributed by atoms with Crippen LogP contribution in [0.5, 0.6) is 23.0 Å². The summed E-state index contributed by atoms with van der Waals surface area (Å²) in [5.74, 6) is -0.235. The first-order valence-corrected chi connectivity index (χ1v) is 6.95. The van der Waals surface area contributed by atoms with E-state index in [0.717, 1.165) is 0 Å². The van der Waals surface area contributed by atoms with Gasteiger partial charge in [-0.05, 0) is 25.1 Å². The highest BCUT2D eigenvalue weighted by Gasteiger charge is 2.14. The minimum absolute atomic E-state index is 0.0881. The van der Waals surface area contributed by atoms with Crippen LogP contribution < -0.4 is 10.2 Å². The Morgan fingerprint density at radius 2 is 1.83 bits per heavy atom. The van der Waals surface area contributed by atoms with E-state index in [1.807, 2.05) is 0 Å². The Kier molecular flexibility index (Phi) is 3.57. The fourth-order valence-corrected chi connectivity index (χ4v) is 2.33. The summed E-state index contributed by atoms with van der Waals surface area (Å²) in [4.78, 5) is 12.4. The molecule has 0 aliphatic carbocycles. The average molecular weight is 314 g/mol. The second kappa shape index (κ2) is 5.57. The minimum Gasteiger partial charge on any atom is -0.508 e. The SMILES string of the molecule is CCOc1cc(O)cc2oc(-c3ccc(O)c(O)c3)cc(=O)c12. The van der Waals surface area contributed by atoms with Gasteiger partial charge in [0.2, 0.25) is 0 Å². The number of hydrogen-bond acceptors (Lipinski definition) is 6. The molecule has 3 aromatic rings. The van der Waals surface area contributed by atoms with Crippen molar-refractivity contribution in [1.82, 2.24) is 0 Å². The molecule has 1 heterocycles. The van der Waals surface area contributed by atoms with E-state index in [2.05, 4.69) is 0 Å². The summed E-state index contributed by atoms with van der Waals surface area (Å²) in [7, 11) is 0. The highest BCUT2D eigenvalue weighted by molar-refractivity contribution is 5.86. The van der Waals surface area contributed by atoms with Crippen LogP contribution >= 0.6 is 0 Å². The van der Waals surface area contributed by atoms with Gasteiger partial charge in [0.25, 0.3) is 0 Å². The monoisotopic (exact) mass is 314 g/mol. The van der Waals surface area contributed by atoms with Gasteiger partial charge in [-0.15, -0.1) is 0 Å². The van der Waals surface area contributed by atoms with Gasteiger partial charge < -0.3 is 24.5 Å². The van der Waals surface area contributed by atoms with Crippen molar-refractivity contribution in [2.24, 2.45) is 0 Å². The highest BCUT2D eigenvalue weighted by atomic mass is 16.5. The number of rotatable bonds is 3. The van der Waals surface area contributed by atoms with Crippen LogP contribution in [0.4, 0.5) is 0 Å². The Hall–Kier alpha value is -3.15. The molecule has 1 aromatic heterocycles. The van der Waals surface area contributed by atoms with Crippen LogP contribution in [-0.4, -0.2) is 21.9 Å². The molecule has 0 saturated carbocycles. The third-order valence-corrected chi connectivity index (χ3v) is 3.34. The maximum atomic E-state index is 12.4. The van der Waals surface area contributed by atoms with E-state index in [1.54, 1.807) is 6.92 Å². The van der Waals surface area contributed by atoms with E-state index in [-0.39, 0.29) is 45.2 Å². The molecule has 118 valence electrons. The number of benzene rings is 2. The molecular weight excluding hydrogens is 300 g/mol. The maximum Gasteiger partial charge on any atom is 0.197 e. The van der Waals surface area contributed by atoms with E-state index in [4.69, 9.17) is 9.15 Å². The molecule has 0 spiro atoms. The summed E-state index contributed by atoms with van der Waals surface area (Å²) in [6.07, 6.45) is 0. The largest absolute Gasteiger partial charge is 0.508 e. The molecule has 2 aromatic carbocycles. The summed E-state index contributed by atoms with van der Waals surface area (Å²) >= 11 is 0. The number of hydrogen-bond donors (Lipinski definition) is 3. The zero-order chi connectivity index (χ0) is 16.6. The van der Waals surface area contributed by atoms with Gasteiger partial charge in [-0.2, -0.15) is 0 Å². The summed E-state index contributed by atoms with van der Waals surface area (Å²) in [5.41, 5.74) is 0.251. The van der Waals surface area contributed by atoms with Crippen LogP contribution in [0, 0.1) is 0 Å². The normalized spacial score (nSPS) is 10.8. The van der Waals surface area contributed by atoms with Crippen LogP contribution in [-0.2, 0) is 0 Å². The van der Waals surface area contributed by atoms with Gasteiger partial charge in [0.15, 0.2) is 16.9 Å². The smallest absolute Gasteiger partial charge is 0.197 e. The van der Waals surface area contributed by atoms with E-state index in [9.17, 15) is 20.1 Å². The Balaban J connectivity index is 2.25. The molecule has 0 unspecified atom stereocenters. The Labute approximate surface area is 130 Å². The first-order chi connectivity index (χ1) is 11.0. The maximum absolute atomic E-state index is 12.4. The predicted molar refractivity (Wildman–Crippen MR) is 84.1 cm³/mol. The fraction of sp³-hybridized carbons (Fsp3) is 0.118. The van der Waals surface area contributed by atoms with Crippen LogP contribution in [0.15, 0.2) is 45.6 Å². The summed E-state index contributed by atoms with van der Waals surface area (Å²) in [6, 6.07) is 8.03. The minimum atomic E-state index is -0.336. The number of phenols is 3. The molecule has 3 N–H and O–H groups in total. The van der Waals surface area contributed by atoms with Crippen molar-refractivity contribution in [2.45, 2.75) is 6.92 Å². The van der Waals surface area contributed by atoms with Crippen molar-refractivity contribution >= 4 is 11.0 Å². The molecule has 6 heteroatoms. The van der Waals surface area contributed by atoms with Gasteiger partial charge in [-0.1, -0.05) is 0 Å². The van der Waals surface area contributed by atoms with Crippen LogP contribution in [0.25, 0.3) is 22.3 Å². The molecule has 3 rings (SSSR count). The lowest BCUT2D eigenvalue weighted by Gasteiger charge is -2.09. The first-order valence-electron chi connectivity index (χ1n) is 6.95. The van der Waals surface area contributed by atoms with Gasteiger partial charge in [0.05, 0.1) is 6.61 Å². The summed E-state index contributed by atoms with van der Waals surface area (Å²) < 4.78 is 11.0. The van der Waals surface area contributed by atoms with E-state index in [1.165, 1.54) is 36.4 Å². The Morgan fingerprint density at radius 3 is 2.52 bits per heavy atom. The lowest BCUT2D eigenvalue weighted by Crippen LogP contribution is -2.04. The molecule has 0 radical (unpaired) electrons. The number of phenolic OH excluding ortho intramolecular Hbond substituents is 3. The number of fused-ring (bicyclic) bond motifs is 1. The molecule has 0 bridgehead atoms. The van der Waals surface area contributed by atoms with Crippen molar-refractivity contribution in [3.63, 3.8) is 0 Å². The lowest BCUT2D eigenvalue weighted by atomic mass is 10.1. The molecule has 0 saturated heterocycles. The van der Waals surface area contributed by atoms with Gasteiger partial charge in [-0.3, -0.25) is 4.79 Å². The van der Waals surface area contributed by atoms with Crippen molar-refractivity contribution in [3.05, 3.63) is 46.6 Å². The van der Waals surface area contributed by atoms with Crippen LogP contribution in [0.3, 0.4) is 0 Å². The second-order valence-electron chi connectivity index (χ2n) is 4.93. The quantitative estimate of drug-likeness (QED) is 0.643. The molecule has 0 aliphatic heterocycles. The summed E-state index contributed by atoms with van der Waals surface area (Å²) in [6.45, 7) is 2.11. The number of ether oxygens (including phenoxy) is 1. The molecule has 0 amide bonds. The third-order valence-electron chi connectivity index (χ3n) is 3.34. The molecule has 0 fully saturated rings. The number of aromatic hydroxyl groups is 3. The average Bonchev–Trinajstić information content (AvgIpc) is 2.49. The molecule has 0 aliphatic rings. The van der Waals surface area contributed by atoms with Crippen molar-refractivity contribution in [3.8, 4) is 34.3 Å². The van der Waals surface area contributed by atoms with E-state index >= 15 is 0 Å². The highest BCUT2D eigenvalue weighted by Crippen LogP contribution is 2.34. The van der Waals surface area contributed by atoms with E-state index in [0.29, 0.717) is 12.2 Å². The van der Waals surface area contributed by atoms with Gasteiger partial charge in [-0.25, -0.2) is 0 Å². The van der Waals surface area contributed by atoms with Crippen molar-refractivity contribution in [2.75, 3.05) is 6.61 Å². The zero-order valence-corrected chi connectivity index (χ0v) is 12.2. The van der Waals surface area contributed by atoms with Crippen molar-refractivity contribution in [1.29, 1.82) is 0 Å². The molecule has 6 nitrogen and oxygen atoms in total. The Bertz CT molecular complexity index is 942. The van der Waals surface area contributed by atoms with Gasteiger partial charge >= 0.3 is 0 Å².